The first-order valence-electron chi connectivity index (χ1n) is 3.90. The van der Waals surface area contributed by atoms with Crippen LogP contribution in [0.15, 0.2) is 27.7 Å². The number of rotatable bonds is 0. The molecule has 0 aliphatic rings. The van der Waals surface area contributed by atoms with E-state index in [1.165, 1.54) is 10.8 Å². The molecular formula is C9H6BrClN2O. The molecule has 3 nitrogen and oxygen atoms in total. The molecule has 0 atom stereocenters. The van der Waals surface area contributed by atoms with E-state index in [0.717, 1.165) is 9.99 Å². The van der Waals surface area contributed by atoms with Gasteiger partial charge in [-0.2, -0.15) is 0 Å². The van der Waals surface area contributed by atoms with E-state index < -0.39 is 0 Å². The van der Waals surface area contributed by atoms with E-state index in [9.17, 15) is 4.79 Å². The Hall–Kier alpha value is -0.870. The lowest BCUT2D eigenvalue weighted by Gasteiger charge is -2.03. The first-order chi connectivity index (χ1) is 6.59. The third-order valence-corrected chi connectivity index (χ3v) is 3.00. The molecule has 0 saturated carbocycles. The molecule has 0 fully saturated rings. The third-order valence-electron chi connectivity index (χ3n) is 2.03. The molecule has 72 valence electrons. The Labute approximate surface area is 93.5 Å². The molecule has 2 rings (SSSR count). The van der Waals surface area contributed by atoms with E-state index >= 15 is 0 Å². The van der Waals surface area contributed by atoms with Gasteiger partial charge in [0.25, 0.3) is 5.56 Å². The molecule has 0 spiro atoms. The molecule has 0 radical (unpaired) electrons. The quantitative estimate of drug-likeness (QED) is 0.691. The van der Waals surface area contributed by atoms with Crippen molar-refractivity contribution in [2.45, 2.75) is 0 Å². The summed E-state index contributed by atoms with van der Waals surface area (Å²) >= 11 is 9.02. The van der Waals surface area contributed by atoms with Crippen molar-refractivity contribution in [2.75, 3.05) is 0 Å². The molecule has 0 aromatic carbocycles. The lowest BCUT2D eigenvalue weighted by Crippen LogP contribution is -2.17. The van der Waals surface area contributed by atoms with Crippen molar-refractivity contribution >= 4 is 38.3 Å². The summed E-state index contributed by atoms with van der Waals surface area (Å²) in [5.41, 5.74) is -0.0847. The van der Waals surface area contributed by atoms with E-state index in [0.29, 0.717) is 10.5 Å². The lowest BCUT2D eigenvalue weighted by atomic mass is 10.2. The van der Waals surface area contributed by atoms with Gasteiger partial charge in [0.15, 0.2) is 0 Å². The van der Waals surface area contributed by atoms with Crippen LogP contribution >= 0.6 is 27.5 Å². The summed E-state index contributed by atoms with van der Waals surface area (Å²) in [6.07, 6.45) is 1.49. The van der Waals surface area contributed by atoms with Gasteiger partial charge in [0, 0.05) is 13.2 Å². The zero-order valence-electron chi connectivity index (χ0n) is 7.29. The Balaban J connectivity index is 2.98. The number of nitrogens with zero attached hydrogens (tertiary/aromatic N) is 2. The SMILES string of the molecule is Cn1c(Br)cc2cc(Cl)ncc2c1=O. The van der Waals surface area contributed by atoms with Crippen molar-refractivity contribution in [1.29, 1.82) is 0 Å². The minimum Gasteiger partial charge on any atom is -0.305 e. The second kappa shape index (κ2) is 3.37. The summed E-state index contributed by atoms with van der Waals surface area (Å²) in [4.78, 5) is 15.6. The third kappa shape index (κ3) is 1.44. The summed E-state index contributed by atoms with van der Waals surface area (Å²) < 4.78 is 2.23. The molecule has 0 unspecified atom stereocenters. The maximum Gasteiger partial charge on any atom is 0.260 e. The van der Waals surface area contributed by atoms with E-state index in [2.05, 4.69) is 20.9 Å². The molecule has 2 aromatic heterocycles. The summed E-state index contributed by atoms with van der Waals surface area (Å²) in [5, 5.41) is 1.75. The van der Waals surface area contributed by atoms with Gasteiger partial charge in [-0.05, 0) is 33.4 Å². The fourth-order valence-corrected chi connectivity index (χ4v) is 1.82. The minimum absolute atomic E-state index is 0.0847. The van der Waals surface area contributed by atoms with Gasteiger partial charge in [-0.25, -0.2) is 4.98 Å². The van der Waals surface area contributed by atoms with Gasteiger partial charge < -0.3 is 4.57 Å². The zero-order valence-corrected chi connectivity index (χ0v) is 9.63. The van der Waals surface area contributed by atoms with Crippen LogP contribution in [0.3, 0.4) is 0 Å². The van der Waals surface area contributed by atoms with Crippen LogP contribution in [-0.2, 0) is 7.05 Å². The van der Waals surface area contributed by atoms with Crippen LogP contribution in [0.2, 0.25) is 5.15 Å². The molecule has 0 aliphatic carbocycles. The maximum atomic E-state index is 11.7. The van der Waals surface area contributed by atoms with E-state index in [4.69, 9.17) is 11.6 Å². The zero-order chi connectivity index (χ0) is 10.3. The summed E-state index contributed by atoms with van der Waals surface area (Å²) in [7, 11) is 1.69. The highest BCUT2D eigenvalue weighted by Crippen LogP contribution is 2.17. The topological polar surface area (TPSA) is 34.9 Å². The maximum absolute atomic E-state index is 11.7. The largest absolute Gasteiger partial charge is 0.305 e. The Morgan fingerprint density at radius 3 is 2.93 bits per heavy atom. The highest BCUT2D eigenvalue weighted by molar-refractivity contribution is 9.10. The Morgan fingerprint density at radius 2 is 2.21 bits per heavy atom. The predicted molar refractivity (Wildman–Crippen MR) is 59.7 cm³/mol. The number of halogens is 2. The lowest BCUT2D eigenvalue weighted by molar-refractivity contribution is 0.847. The predicted octanol–water partition coefficient (Wildman–Crippen LogP) is 2.35. The normalized spacial score (nSPS) is 10.8. The van der Waals surface area contributed by atoms with Crippen LogP contribution in [-0.4, -0.2) is 9.55 Å². The highest BCUT2D eigenvalue weighted by Gasteiger charge is 2.04. The summed E-state index contributed by atoms with van der Waals surface area (Å²) in [5.74, 6) is 0. The van der Waals surface area contributed by atoms with Gasteiger partial charge in [0.05, 0.1) is 9.99 Å². The average molecular weight is 274 g/mol. The second-order valence-corrected chi connectivity index (χ2v) is 4.13. The van der Waals surface area contributed by atoms with Gasteiger partial charge in [-0.15, -0.1) is 0 Å². The molecule has 0 saturated heterocycles. The molecule has 14 heavy (non-hydrogen) atoms. The average Bonchev–Trinajstić information content (AvgIpc) is 2.14. The van der Waals surface area contributed by atoms with Crippen molar-refractivity contribution in [3.63, 3.8) is 0 Å². The van der Waals surface area contributed by atoms with Crippen LogP contribution < -0.4 is 5.56 Å². The number of aromatic nitrogens is 2. The first kappa shape index (κ1) is 9.68. The van der Waals surface area contributed by atoms with Crippen molar-refractivity contribution in [3.05, 3.63) is 38.4 Å². The van der Waals surface area contributed by atoms with Gasteiger partial charge >= 0.3 is 0 Å². The molecular weight excluding hydrogens is 267 g/mol. The smallest absolute Gasteiger partial charge is 0.260 e. The highest BCUT2D eigenvalue weighted by atomic mass is 79.9. The van der Waals surface area contributed by atoms with E-state index in [1.807, 2.05) is 6.07 Å². The van der Waals surface area contributed by atoms with Crippen LogP contribution in [0.1, 0.15) is 0 Å². The Kier molecular flexibility index (Phi) is 2.33. The van der Waals surface area contributed by atoms with Crippen LogP contribution in [0.5, 0.6) is 0 Å². The van der Waals surface area contributed by atoms with Crippen molar-refractivity contribution in [2.24, 2.45) is 7.05 Å². The fourth-order valence-electron chi connectivity index (χ4n) is 1.25. The van der Waals surface area contributed by atoms with Gasteiger partial charge in [0.2, 0.25) is 0 Å². The van der Waals surface area contributed by atoms with Crippen molar-refractivity contribution in [3.8, 4) is 0 Å². The first-order valence-corrected chi connectivity index (χ1v) is 5.07. The van der Waals surface area contributed by atoms with Crippen LogP contribution in [0, 0.1) is 0 Å². The number of pyridine rings is 2. The number of fused-ring (bicyclic) bond motifs is 1. The van der Waals surface area contributed by atoms with Crippen molar-refractivity contribution in [1.82, 2.24) is 9.55 Å². The standard InChI is InChI=1S/C9H6BrClN2O/c1-13-7(10)2-5-3-8(11)12-4-6(5)9(13)14/h2-4H,1H3. The Bertz CT molecular complexity index is 564. The van der Waals surface area contributed by atoms with Crippen LogP contribution in [0.4, 0.5) is 0 Å². The molecule has 0 amide bonds. The van der Waals surface area contributed by atoms with Gasteiger partial charge in [0.1, 0.15) is 5.15 Å². The van der Waals surface area contributed by atoms with E-state index in [-0.39, 0.29) is 5.56 Å². The number of hydrogen-bond acceptors (Lipinski definition) is 2. The minimum atomic E-state index is -0.0847. The molecule has 0 N–H and O–H groups in total. The molecule has 5 heteroatoms. The molecule has 0 aliphatic heterocycles. The second-order valence-electron chi connectivity index (χ2n) is 2.93. The molecule has 2 heterocycles. The summed E-state index contributed by atoms with van der Waals surface area (Å²) in [6, 6.07) is 3.51. The van der Waals surface area contributed by atoms with Crippen molar-refractivity contribution < 1.29 is 0 Å². The molecule has 0 bridgehead atoms. The molecule has 2 aromatic rings. The van der Waals surface area contributed by atoms with Crippen LogP contribution in [0.25, 0.3) is 10.8 Å². The fraction of sp³-hybridized carbons (Fsp3) is 0.111. The van der Waals surface area contributed by atoms with Gasteiger partial charge in [-0.3, -0.25) is 4.79 Å². The van der Waals surface area contributed by atoms with E-state index in [1.54, 1.807) is 13.1 Å². The summed E-state index contributed by atoms with van der Waals surface area (Å²) in [6.45, 7) is 0. The monoisotopic (exact) mass is 272 g/mol. The number of hydrogen-bond donors (Lipinski definition) is 0. The Morgan fingerprint density at radius 1 is 1.50 bits per heavy atom. The van der Waals surface area contributed by atoms with Gasteiger partial charge in [-0.1, -0.05) is 11.6 Å².